The Morgan fingerprint density at radius 3 is 1.40 bits per heavy atom. The third-order valence-corrected chi connectivity index (χ3v) is 13.2. The summed E-state index contributed by atoms with van der Waals surface area (Å²) < 4.78 is 17.5. The van der Waals surface area contributed by atoms with Crippen LogP contribution in [0, 0.1) is 0 Å². The molecule has 1 heterocycles. The van der Waals surface area contributed by atoms with Gasteiger partial charge in [0.2, 0.25) is 5.91 Å². The van der Waals surface area contributed by atoms with Gasteiger partial charge in [0.15, 0.2) is 12.4 Å². The molecule has 1 rings (SSSR count). The van der Waals surface area contributed by atoms with E-state index in [1.807, 2.05) is 18.2 Å². The van der Waals surface area contributed by atoms with Crippen LogP contribution in [0.3, 0.4) is 0 Å². The lowest BCUT2D eigenvalue weighted by molar-refractivity contribution is -0.305. The molecule has 6 N–H and O–H groups in total. The van der Waals surface area contributed by atoms with Crippen LogP contribution < -0.4 is 5.32 Å². The predicted octanol–water partition coefficient (Wildman–Crippen LogP) is 13.7. The Morgan fingerprint density at radius 1 is 0.520 bits per heavy atom. The number of esters is 1. The van der Waals surface area contributed by atoms with Crippen LogP contribution in [0.1, 0.15) is 220 Å². The molecule has 0 aliphatic carbocycles. The van der Waals surface area contributed by atoms with E-state index in [9.17, 15) is 35.1 Å². The fourth-order valence-electron chi connectivity index (χ4n) is 8.39. The van der Waals surface area contributed by atoms with E-state index in [4.69, 9.17) is 14.2 Å². The normalized spacial score (nSPS) is 20.0. The summed E-state index contributed by atoms with van der Waals surface area (Å²) in [6, 6.07) is -1.07. The van der Waals surface area contributed by atoms with Gasteiger partial charge < -0.3 is 45.1 Å². The molecule has 1 saturated heterocycles. The lowest BCUT2D eigenvalue weighted by Gasteiger charge is -2.41. The highest BCUT2D eigenvalue weighted by Gasteiger charge is 2.47. The molecule has 0 aromatic carbocycles. The van der Waals surface area contributed by atoms with E-state index in [1.165, 1.54) is 77.0 Å². The van der Waals surface area contributed by atoms with Crippen molar-refractivity contribution in [3.05, 3.63) is 109 Å². The minimum Gasteiger partial charge on any atom is -0.454 e. The number of aliphatic hydroxyl groups excluding tert-OH is 5. The first-order valence-corrected chi connectivity index (χ1v) is 29.7. The topological polar surface area (TPSA) is 175 Å². The summed E-state index contributed by atoms with van der Waals surface area (Å²) in [5.74, 6) is -1.30. The zero-order chi connectivity index (χ0) is 54.7. The van der Waals surface area contributed by atoms with Crippen LogP contribution in [0.25, 0.3) is 0 Å². The summed E-state index contributed by atoms with van der Waals surface area (Å²) in [6.45, 7) is 5.65. The lowest BCUT2D eigenvalue weighted by atomic mass is 9.99. The first kappa shape index (κ1) is 69.3. The lowest BCUT2D eigenvalue weighted by Crippen LogP contribution is -2.61. The summed E-state index contributed by atoms with van der Waals surface area (Å²) in [5, 5.41) is 56.8. The number of unbranched alkanes of at least 4 members (excludes halogenated alkanes) is 18. The second kappa shape index (κ2) is 51.1. The van der Waals surface area contributed by atoms with Crippen LogP contribution in [-0.2, 0) is 23.8 Å². The maximum Gasteiger partial charge on any atom is 0.306 e. The minimum atomic E-state index is -1.64. The molecule has 8 atom stereocenters. The van der Waals surface area contributed by atoms with Gasteiger partial charge in [-0.05, 0) is 109 Å². The number of carbonyl (C=O) groups excluding carboxylic acids is 2. The van der Waals surface area contributed by atoms with Gasteiger partial charge in [0, 0.05) is 6.42 Å². The van der Waals surface area contributed by atoms with Crippen molar-refractivity contribution >= 4 is 11.9 Å². The minimum absolute atomic E-state index is 0.0736. The van der Waals surface area contributed by atoms with Gasteiger partial charge in [-0.2, -0.15) is 0 Å². The molecule has 428 valence electrons. The summed E-state index contributed by atoms with van der Waals surface area (Å²) in [6.07, 6.45) is 58.5. The van der Waals surface area contributed by atoms with Crippen molar-refractivity contribution < 1.29 is 49.3 Å². The highest BCUT2D eigenvalue weighted by Crippen LogP contribution is 2.26. The van der Waals surface area contributed by atoms with Crippen LogP contribution in [0.4, 0.5) is 0 Å². The Bertz CT molecular complexity index is 1630. The van der Waals surface area contributed by atoms with Gasteiger partial charge in [-0.15, -0.1) is 0 Å². The largest absolute Gasteiger partial charge is 0.454 e. The number of allylic oxidation sites excluding steroid dienone is 17. The zero-order valence-corrected chi connectivity index (χ0v) is 47.1. The average molecular weight is 1050 g/mol. The van der Waals surface area contributed by atoms with Crippen LogP contribution in [0.5, 0.6) is 0 Å². The van der Waals surface area contributed by atoms with Crippen LogP contribution >= 0.6 is 0 Å². The summed E-state index contributed by atoms with van der Waals surface area (Å²) >= 11 is 0. The Labute approximate surface area is 456 Å². The molecule has 0 aromatic heterocycles. The molecule has 11 heteroatoms. The molecular formula is C64H107NO10. The number of ether oxygens (including phenoxy) is 3. The van der Waals surface area contributed by atoms with Crippen molar-refractivity contribution in [2.45, 2.75) is 269 Å². The highest BCUT2D eigenvalue weighted by molar-refractivity contribution is 5.80. The van der Waals surface area contributed by atoms with E-state index in [2.05, 4.69) is 111 Å². The number of aliphatic hydroxyl groups is 5. The third-order valence-electron chi connectivity index (χ3n) is 13.2. The number of rotatable bonds is 48. The molecule has 1 fully saturated rings. The fourth-order valence-corrected chi connectivity index (χ4v) is 8.39. The number of hydrogen-bond donors (Lipinski definition) is 6. The maximum atomic E-state index is 13.4. The molecule has 1 amide bonds. The maximum absolute atomic E-state index is 13.4. The van der Waals surface area contributed by atoms with E-state index in [0.29, 0.717) is 12.8 Å². The Balaban J connectivity index is 2.77. The molecule has 11 nitrogen and oxygen atoms in total. The van der Waals surface area contributed by atoms with E-state index >= 15 is 0 Å². The molecule has 1 aliphatic heterocycles. The molecule has 0 spiro atoms. The number of amides is 1. The van der Waals surface area contributed by atoms with Crippen molar-refractivity contribution in [3.63, 3.8) is 0 Å². The van der Waals surface area contributed by atoms with Crippen LogP contribution in [0.15, 0.2) is 109 Å². The van der Waals surface area contributed by atoms with Crippen molar-refractivity contribution in [3.8, 4) is 0 Å². The standard InChI is InChI=1S/C64H107NO10/c1-4-7-10-13-16-19-22-24-26-28-29-30-32-34-37-40-43-46-49-52-59(69)75-62-61(71)60(70)58(53-66)74-64(62)73-54-55(56(67)50-47-44-41-38-35-21-18-15-12-9-6-3)65-63(72)57(68)51-48-45-42-39-36-33-31-27-25-23-20-17-14-11-8-5-2/h16-17,19-20,24-27,29-30,33-34,36-37,42,45,47,50,55-58,60-62,64,66-68,70-71H,4-15,18,21-23,28,31-32,35,38-41,43-44,46,48-49,51-54H2,1-3H3,(H,65,72)/b19-16-,20-17-,26-24-,27-25-,30-29-,36-33-,37-34-,45-42-,50-47+. The van der Waals surface area contributed by atoms with Gasteiger partial charge in [-0.25, -0.2) is 0 Å². The van der Waals surface area contributed by atoms with Crippen molar-refractivity contribution in [2.75, 3.05) is 13.2 Å². The SMILES string of the molecule is CCCCC/C=C\C/C=C\C/C=C\C/C=C\CCCCCC(=O)OC1C(OCC(NC(=O)C(O)CC/C=C\C/C=C\C/C=C\C/C=C\CCCCC)C(O)/C=C/CCCCCCCCCCC)OC(CO)C(O)C1O. The van der Waals surface area contributed by atoms with Gasteiger partial charge in [-0.1, -0.05) is 214 Å². The third kappa shape index (κ3) is 39.4. The summed E-state index contributed by atoms with van der Waals surface area (Å²) in [5.41, 5.74) is 0. The van der Waals surface area contributed by atoms with Gasteiger partial charge in [0.25, 0.3) is 0 Å². The molecule has 75 heavy (non-hydrogen) atoms. The van der Waals surface area contributed by atoms with Crippen molar-refractivity contribution in [1.29, 1.82) is 0 Å². The molecule has 0 radical (unpaired) electrons. The van der Waals surface area contributed by atoms with E-state index in [0.717, 1.165) is 96.3 Å². The summed E-state index contributed by atoms with van der Waals surface area (Å²) in [7, 11) is 0. The molecule has 1 aliphatic rings. The molecule has 0 bridgehead atoms. The van der Waals surface area contributed by atoms with E-state index in [-0.39, 0.29) is 19.4 Å². The summed E-state index contributed by atoms with van der Waals surface area (Å²) in [4.78, 5) is 26.5. The van der Waals surface area contributed by atoms with Gasteiger partial charge in [-0.3, -0.25) is 9.59 Å². The highest BCUT2D eigenvalue weighted by atomic mass is 16.7. The van der Waals surface area contributed by atoms with E-state index < -0.39 is 67.4 Å². The second-order valence-corrected chi connectivity index (χ2v) is 20.0. The fraction of sp³-hybridized carbons (Fsp3) is 0.688. The smallest absolute Gasteiger partial charge is 0.306 e. The number of hydrogen-bond acceptors (Lipinski definition) is 10. The first-order valence-electron chi connectivity index (χ1n) is 29.7. The van der Waals surface area contributed by atoms with Gasteiger partial charge in [0.1, 0.15) is 24.4 Å². The molecule has 0 aromatic rings. The molecular weight excluding hydrogens is 943 g/mol. The number of nitrogens with one attached hydrogen (secondary N) is 1. The predicted molar refractivity (Wildman–Crippen MR) is 310 cm³/mol. The van der Waals surface area contributed by atoms with Crippen molar-refractivity contribution in [2.24, 2.45) is 0 Å². The Kier molecular flexibility index (Phi) is 47.2. The quantitative estimate of drug-likeness (QED) is 0.0195. The first-order chi connectivity index (χ1) is 36.7. The molecule has 8 unspecified atom stereocenters. The average Bonchev–Trinajstić information content (AvgIpc) is 3.41. The Morgan fingerprint density at radius 2 is 0.920 bits per heavy atom. The van der Waals surface area contributed by atoms with Gasteiger partial charge in [0.05, 0.1) is 25.4 Å². The zero-order valence-electron chi connectivity index (χ0n) is 47.1. The second-order valence-electron chi connectivity index (χ2n) is 20.0. The number of carbonyl (C=O) groups is 2. The van der Waals surface area contributed by atoms with Crippen LogP contribution in [-0.4, -0.2) is 99.6 Å². The monoisotopic (exact) mass is 1050 g/mol. The van der Waals surface area contributed by atoms with Crippen LogP contribution in [0.2, 0.25) is 0 Å². The van der Waals surface area contributed by atoms with Crippen molar-refractivity contribution in [1.82, 2.24) is 5.32 Å². The van der Waals surface area contributed by atoms with E-state index in [1.54, 1.807) is 6.08 Å². The molecule has 0 saturated carbocycles. The Hall–Kier alpha value is -3.68. The van der Waals surface area contributed by atoms with Gasteiger partial charge >= 0.3 is 5.97 Å².